The second-order valence-corrected chi connectivity index (χ2v) is 8.02. The summed E-state index contributed by atoms with van der Waals surface area (Å²) in [5.74, 6) is 1.69. The third kappa shape index (κ3) is 6.36. The van der Waals surface area contributed by atoms with Crippen LogP contribution in [0.25, 0.3) is 0 Å². The number of rotatable bonds is 8. The van der Waals surface area contributed by atoms with E-state index in [2.05, 4.69) is 20.8 Å². The third-order valence-electron chi connectivity index (χ3n) is 3.34. The maximum absolute atomic E-state index is 13.5. The number of anilines is 2. The molecule has 0 atom stereocenters. The van der Waals surface area contributed by atoms with Crippen molar-refractivity contribution in [3.8, 4) is 5.75 Å². The van der Waals surface area contributed by atoms with Gasteiger partial charge in [0, 0.05) is 16.5 Å². The molecule has 0 saturated carbocycles. The molecule has 0 fully saturated rings. The lowest BCUT2D eigenvalue weighted by molar-refractivity contribution is 0.262. The fourth-order valence-corrected chi connectivity index (χ4v) is 3.80. The Kier molecular flexibility index (Phi) is 7.46. The van der Waals surface area contributed by atoms with Gasteiger partial charge in [0.05, 0.1) is 12.3 Å². The SMILES string of the molecule is O=C(Nc1nnc(CSCCOc2ccc(Cl)cc2)s1)Nc1ccccc1F. The number of thioether (sulfide) groups is 1. The van der Waals surface area contributed by atoms with Crippen LogP contribution in [0, 0.1) is 5.82 Å². The van der Waals surface area contributed by atoms with Crippen molar-refractivity contribution in [2.75, 3.05) is 23.0 Å². The van der Waals surface area contributed by atoms with E-state index in [0.717, 1.165) is 16.5 Å². The number of hydrogen-bond acceptors (Lipinski definition) is 6. The molecule has 2 N–H and O–H groups in total. The van der Waals surface area contributed by atoms with Gasteiger partial charge >= 0.3 is 6.03 Å². The number of nitrogens with zero attached hydrogens (tertiary/aromatic N) is 2. The van der Waals surface area contributed by atoms with E-state index in [1.807, 2.05) is 12.1 Å². The largest absolute Gasteiger partial charge is 0.493 e. The van der Waals surface area contributed by atoms with Crippen molar-refractivity contribution in [1.82, 2.24) is 10.2 Å². The molecule has 0 unspecified atom stereocenters. The van der Waals surface area contributed by atoms with Crippen LogP contribution < -0.4 is 15.4 Å². The molecule has 0 aliphatic carbocycles. The van der Waals surface area contributed by atoms with Gasteiger partial charge in [0.15, 0.2) is 0 Å². The molecule has 1 aromatic heterocycles. The summed E-state index contributed by atoms with van der Waals surface area (Å²) in [5.41, 5.74) is 0.0981. The number of carbonyl (C=O) groups excluding carboxylic acids is 1. The van der Waals surface area contributed by atoms with E-state index >= 15 is 0 Å². The highest BCUT2D eigenvalue weighted by molar-refractivity contribution is 7.98. The Morgan fingerprint density at radius 3 is 2.71 bits per heavy atom. The number of hydrogen-bond donors (Lipinski definition) is 2. The smallest absolute Gasteiger partial charge is 0.325 e. The number of carbonyl (C=O) groups is 1. The number of urea groups is 1. The summed E-state index contributed by atoms with van der Waals surface area (Å²) in [7, 11) is 0. The lowest BCUT2D eigenvalue weighted by atomic mass is 10.3. The monoisotopic (exact) mass is 438 g/mol. The van der Waals surface area contributed by atoms with Crippen molar-refractivity contribution in [3.63, 3.8) is 0 Å². The van der Waals surface area contributed by atoms with Gasteiger partial charge in [-0.2, -0.15) is 11.8 Å². The predicted octanol–water partition coefficient (Wildman–Crippen LogP) is 5.29. The molecular weight excluding hydrogens is 423 g/mol. The van der Waals surface area contributed by atoms with E-state index < -0.39 is 11.8 Å². The number of benzene rings is 2. The Labute approximate surface area is 174 Å². The predicted molar refractivity (Wildman–Crippen MR) is 112 cm³/mol. The van der Waals surface area contributed by atoms with Crippen LogP contribution in [0.1, 0.15) is 5.01 Å². The highest BCUT2D eigenvalue weighted by Gasteiger charge is 2.10. The Hall–Kier alpha value is -2.36. The summed E-state index contributed by atoms with van der Waals surface area (Å²) in [6, 6.07) is 12.6. The minimum atomic E-state index is -0.572. The molecule has 28 heavy (non-hydrogen) atoms. The minimum absolute atomic E-state index is 0.0981. The van der Waals surface area contributed by atoms with Gasteiger partial charge in [-0.15, -0.1) is 10.2 Å². The van der Waals surface area contributed by atoms with Crippen LogP contribution in [0.2, 0.25) is 5.02 Å². The van der Waals surface area contributed by atoms with Crippen LogP contribution in [-0.4, -0.2) is 28.6 Å². The maximum Gasteiger partial charge on any atom is 0.325 e. The topological polar surface area (TPSA) is 76.1 Å². The van der Waals surface area contributed by atoms with E-state index in [1.54, 1.807) is 36.0 Å². The molecule has 3 rings (SSSR count). The first-order valence-corrected chi connectivity index (χ1v) is 10.6. The molecule has 3 aromatic rings. The summed E-state index contributed by atoms with van der Waals surface area (Å²) < 4.78 is 19.1. The molecule has 0 saturated heterocycles. The quantitative estimate of drug-likeness (QED) is 0.467. The average molecular weight is 439 g/mol. The maximum atomic E-state index is 13.5. The van der Waals surface area contributed by atoms with Crippen LogP contribution in [0.3, 0.4) is 0 Å². The van der Waals surface area contributed by atoms with Crippen molar-refractivity contribution in [1.29, 1.82) is 0 Å². The van der Waals surface area contributed by atoms with Gasteiger partial charge in [0.2, 0.25) is 5.13 Å². The number of amides is 2. The van der Waals surface area contributed by atoms with E-state index in [4.69, 9.17) is 16.3 Å². The molecule has 0 aliphatic rings. The van der Waals surface area contributed by atoms with Gasteiger partial charge in [0.25, 0.3) is 0 Å². The van der Waals surface area contributed by atoms with E-state index in [1.165, 1.54) is 23.5 Å². The van der Waals surface area contributed by atoms with Gasteiger partial charge in [-0.05, 0) is 36.4 Å². The second kappa shape index (κ2) is 10.3. The molecule has 0 aliphatic heterocycles. The first kappa shape index (κ1) is 20.4. The van der Waals surface area contributed by atoms with Crippen LogP contribution in [-0.2, 0) is 5.75 Å². The molecule has 6 nitrogen and oxygen atoms in total. The Bertz CT molecular complexity index is 924. The van der Waals surface area contributed by atoms with E-state index in [0.29, 0.717) is 22.5 Å². The molecule has 0 radical (unpaired) electrons. The Balaban J connectivity index is 1.37. The first-order chi connectivity index (χ1) is 13.6. The average Bonchev–Trinajstić information content (AvgIpc) is 3.12. The summed E-state index contributed by atoms with van der Waals surface area (Å²) in [4.78, 5) is 11.9. The molecule has 0 bridgehead atoms. The Morgan fingerprint density at radius 1 is 1.14 bits per heavy atom. The standard InChI is InChI=1S/C18H16ClFN4O2S2/c19-12-5-7-13(8-6-12)26-9-10-27-11-16-23-24-18(28-16)22-17(25)21-15-4-2-1-3-14(15)20/h1-8H,9-11H2,(H2,21,22,24,25). The summed E-state index contributed by atoms with van der Waals surface area (Å²) in [5, 5.41) is 14.7. The highest BCUT2D eigenvalue weighted by Crippen LogP contribution is 2.21. The van der Waals surface area contributed by atoms with Gasteiger partial charge in [0.1, 0.15) is 16.6 Å². The lowest BCUT2D eigenvalue weighted by Gasteiger charge is -2.05. The van der Waals surface area contributed by atoms with Crippen molar-refractivity contribution in [3.05, 3.63) is 64.4 Å². The summed E-state index contributed by atoms with van der Waals surface area (Å²) in [6.07, 6.45) is 0. The zero-order chi connectivity index (χ0) is 19.8. The second-order valence-electron chi connectivity index (χ2n) is 5.41. The highest BCUT2D eigenvalue weighted by atomic mass is 35.5. The van der Waals surface area contributed by atoms with Crippen molar-refractivity contribution in [2.24, 2.45) is 0 Å². The van der Waals surface area contributed by atoms with Crippen molar-refractivity contribution < 1.29 is 13.9 Å². The molecular formula is C18H16ClFN4O2S2. The lowest BCUT2D eigenvalue weighted by Crippen LogP contribution is -2.19. The van der Waals surface area contributed by atoms with Crippen LogP contribution in [0.5, 0.6) is 5.75 Å². The number of halogens is 2. The number of aromatic nitrogens is 2. The number of para-hydroxylation sites is 1. The fourth-order valence-electron chi connectivity index (χ4n) is 2.08. The summed E-state index contributed by atoms with van der Waals surface area (Å²) >= 11 is 8.74. The first-order valence-electron chi connectivity index (χ1n) is 8.21. The Morgan fingerprint density at radius 2 is 1.93 bits per heavy atom. The summed E-state index contributed by atoms with van der Waals surface area (Å²) in [6.45, 7) is 0.557. The molecule has 10 heteroatoms. The molecule has 2 amide bonds. The van der Waals surface area contributed by atoms with Gasteiger partial charge in [-0.25, -0.2) is 9.18 Å². The van der Waals surface area contributed by atoms with Crippen LogP contribution in [0.4, 0.5) is 20.0 Å². The fraction of sp³-hybridized carbons (Fsp3) is 0.167. The normalized spacial score (nSPS) is 10.5. The van der Waals surface area contributed by atoms with Crippen LogP contribution >= 0.6 is 34.7 Å². The third-order valence-corrected chi connectivity index (χ3v) is 5.55. The van der Waals surface area contributed by atoms with Crippen LogP contribution in [0.15, 0.2) is 48.5 Å². The van der Waals surface area contributed by atoms with E-state index in [9.17, 15) is 9.18 Å². The van der Waals surface area contributed by atoms with Crippen molar-refractivity contribution >= 4 is 51.5 Å². The number of ether oxygens (including phenoxy) is 1. The van der Waals surface area contributed by atoms with E-state index in [-0.39, 0.29) is 5.69 Å². The van der Waals surface area contributed by atoms with Gasteiger partial charge < -0.3 is 10.1 Å². The minimum Gasteiger partial charge on any atom is -0.493 e. The molecule has 1 heterocycles. The molecule has 0 spiro atoms. The number of nitrogens with one attached hydrogen (secondary N) is 2. The molecule has 146 valence electrons. The van der Waals surface area contributed by atoms with Crippen molar-refractivity contribution in [2.45, 2.75) is 5.75 Å². The molecule has 2 aromatic carbocycles. The van der Waals surface area contributed by atoms with Gasteiger partial charge in [-0.1, -0.05) is 35.1 Å². The van der Waals surface area contributed by atoms with Gasteiger partial charge in [-0.3, -0.25) is 5.32 Å². The zero-order valence-corrected chi connectivity index (χ0v) is 16.9. The zero-order valence-electron chi connectivity index (χ0n) is 14.5.